The summed E-state index contributed by atoms with van der Waals surface area (Å²) in [6, 6.07) is 15.3. The maximum Gasteiger partial charge on any atom is 0.0201 e. The van der Waals surface area contributed by atoms with Crippen molar-refractivity contribution in [3.63, 3.8) is 0 Å². The third-order valence-electron chi connectivity index (χ3n) is 3.64. The van der Waals surface area contributed by atoms with Crippen molar-refractivity contribution in [1.29, 1.82) is 0 Å². The van der Waals surface area contributed by atoms with Crippen LogP contribution in [0.1, 0.15) is 30.0 Å². The third kappa shape index (κ3) is 2.46. The quantitative estimate of drug-likeness (QED) is 0.552. The molecule has 0 nitrogen and oxygen atoms in total. The standard InChI is InChI=1S/C19H18S/c1-13(2)8-9-15-10-11-19-17(12-15)14(3)16-6-4-5-7-18(16)20-19/h4-7,10-12H,1,3,8-9H2,2H3. The molecule has 0 N–H and O–H groups in total. The Morgan fingerprint density at radius 2 is 1.80 bits per heavy atom. The van der Waals surface area contributed by atoms with Gasteiger partial charge < -0.3 is 0 Å². The lowest BCUT2D eigenvalue weighted by atomic mass is 9.95. The summed E-state index contributed by atoms with van der Waals surface area (Å²) >= 11 is 1.84. The predicted molar refractivity (Wildman–Crippen MR) is 88.3 cm³/mol. The lowest BCUT2D eigenvalue weighted by Gasteiger charge is -2.21. The van der Waals surface area contributed by atoms with E-state index in [-0.39, 0.29) is 0 Å². The zero-order valence-corrected chi connectivity index (χ0v) is 12.6. The highest BCUT2D eigenvalue weighted by Gasteiger charge is 2.19. The molecule has 20 heavy (non-hydrogen) atoms. The predicted octanol–water partition coefficient (Wildman–Crippen LogP) is 5.72. The Morgan fingerprint density at radius 3 is 2.60 bits per heavy atom. The Hall–Kier alpha value is -1.73. The third-order valence-corrected chi connectivity index (χ3v) is 4.79. The zero-order chi connectivity index (χ0) is 14.1. The second kappa shape index (κ2) is 5.34. The molecular formula is C19H18S. The van der Waals surface area contributed by atoms with Gasteiger partial charge >= 0.3 is 0 Å². The number of aryl methyl sites for hydroxylation is 1. The number of hydrogen-bond acceptors (Lipinski definition) is 1. The van der Waals surface area contributed by atoms with Gasteiger partial charge in [-0.2, -0.15) is 0 Å². The highest BCUT2D eigenvalue weighted by atomic mass is 32.2. The van der Waals surface area contributed by atoms with Crippen molar-refractivity contribution in [3.8, 4) is 0 Å². The Balaban J connectivity index is 1.95. The van der Waals surface area contributed by atoms with Crippen LogP contribution in [0.15, 0.2) is 71.0 Å². The van der Waals surface area contributed by atoms with Crippen molar-refractivity contribution in [2.45, 2.75) is 29.6 Å². The van der Waals surface area contributed by atoms with Crippen molar-refractivity contribution >= 4 is 17.3 Å². The number of rotatable bonds is 3. The van der Waals surface area contributed by atoms with Gasteiger partial charge in [0.15, 0.2) is 0 Å². The fourth-order valence-electron chi connectivity index (χ4n) is 2.48. The Kier molecular flexibility index (Phi) is 3.54. The molecule has 0 amide bonds. The van der Waals surface area contributed by atoms with Crippen LogP contribution in [0.3, 0.4) is 0 Å². The molecule has 0 saturated heterocycles. The van der Waals surface area contributed by atoms with Gasteiger partial charge in [-0.25, -0.2) is 0 Å². The number of allylic oxidation sites excluding steroid dienone is 1. The van der Waals surface area contributed by atoms with Crippen LogP contribution in [0.25, 0.3) is 5.57 Å². The van der Waals surface area contributed by atoms with Gasteiger partial charge in [-0.1, -0.05) is 54.2 Å². The monoisotopic (exact) mass is 278 g/mol. The summed E-state index contributed by atoms with van der Waals surface area (Å²) in [6.45, 7) is 10.4. The van der Waals surface area contributed by atoms with Crippen molar-refractivity contribution < 1.29 is 0 Å². The van der Waals surface area contributed by atoms with Gasteiger partial charge in [0.05, 0.1) is 0 Å². The average molecular weight is 278 g/mol. The highest BCUT2D eigenvalue weighted by Crippen LogP contribution is 2.44. The first-order valence-electron chi connectivity index (χ1n) is 6.89. The first-order valence-corrected chi connectivity index (χ1v) is 7.70. The Bertz CT molecular complexity index is 695. The Morgan fingerprint density at radius 1 is 1.05 bits per heavy atom. The fourth-order valence-corrected chi connectivity index (χ4v) is 3.60. The Labute approximate surface area is 125 Å². The molecule has 0 radical (unpaired) electrons. The molecule has 0 bridgehead atoms. The van der Waals surface area contributed by atoms with E-state index in [9.17, 15) is 0 Å². The molecular weight excluding hydrogens is 260 g/mol. The fraction of sp³-hybridized carbons (Fsp3) is 0.158. The smallest absolute Gasteiger partial charge is 0.0201 e. The van der Waals surface area contributed by atoms with E-state index >= 15 is 0 Å². The van der Waals surface area contributed by atoms with Crippen molar-refractivity contribution in [2.75, 3.05) is 0 Å². The number of fused-ring (bicyclic) bond motifs is 2. The van der Waals surface area contributed by atoms with Crippen LogP contribution >= 0.6 is 11.8 Å². The summed E-state index contributed by atoms with van der Waals surface area (Å²) in [5.74, 6) is 0. The summed E-state index contributed by atoms with van der Waals surface area (Å²) in [5, 5.41) is 0. The van der Waals surface area contributed by atoms with Gasteiger partial charge in [0.25, 0.3) is 0 Å². The minimum absolute atomic E-state index is 1.05. The van der Waals surface area contributed by atoms with Gasteiger partial charge in [-0.05, 0) is 54.2 Å². The molecule has 100 valence electrons. The van der Waals surface area contributed by atoms with Crippen molar-refractivity contribution in [1.82, 2.24) is 0 Å². The zero-order valence-electron chi connectivity index (χ0n) is 11.8. The van der Waals surface area contributed by atoms with Gasteiger partial charge in [-0.3, -0.25) is 0 Å². The molecule has 2 aromatic carbocycles. The van der Waals surface area contributed by atoms with E-state index in [4.69, 9.17) is 0 Å². The van der Waals surface area contributed by atoms with Crippen LogP contribution < -0.4 is 0 Å². The van der Waals surface area contributed by atoms with Crippen LogP contribution in [0.4, 0.5) is 0 Å². The number of hydrogen-bond donors (Lipinski definition) is 0. The minimum atomic E-state index is 1.05. The van der Waals surface area contributed by atoms with Crippen LogP contribution in [0, 0.1) is 0 Å². The van der Waals surface area contributed by atoms with Crippen LogP contribution in [0.2, 0.25) is 0 Å². The summed E-state index contributed by atoms with van der Waals surface area (Å²) < 4.78 is 0. The van der Waals surface area contributed by atoms with Gasteiger partial charge in [-0.15, -0.1) is 6.58 Å². The average Bonchev–Trinajstić information content (AvgIpc) is 2.46. The van der Waals surface area contributed by atoms with E-state index in [1.807, 2.05) is 11.8 Å². The van der Waals surface area contributed by atoms with Crippen molar-refractivity contribution in [2.24, 2.45) is 0 Å². The van der Waals surface area contributed by atoms with E-state index < -0.39 is 0 Å². The maximum absolute atomic E-state index is 4.30. The lowest BCUT2D eigenvalue weighted by Crippen LogP contribution is -1.99. The van der Waals surface area contributed by atoms with E-state index in [1.54, 1.807) is 0 Å². The van der Waals surface area contributed by atoms with Gasteiger partial charge in [0, 0.05) is 9.79 Å². The molecule has 0 saturated carbocycles. The molecule has 2 aromatic rings. The number of benzene rings is 2. The molecule has 1 aliphatic heterocycles. The van der Waals surface area contributed by atoms with E-state index in [1.165, 1.54) is 32.1 Å². The largest absolute Gasteiger partial charge is 0.100 e. The molecule has 0 aromatic heterocycles. The molecule has 0 atom stereocenters. The second-order valence-corrected chi connectivity index (χ2v) is 6.45. The summed E-state index contributed by atoms with van der Waals surface area (Å²) in [5.41, 5.74) is 6.30. The molecule has 0 spiro atoms. The molecule has 1 heteroatoms. The SMILES string of the molecule is C=C(C)CCc1ccc2c(c1)C(=C)c1ccccc1S2. The maximum atomic E-state index is 4.30. The summed E-state index contributed by atoms with van der Waals surface area (Å²) in [4.78, 5) is 2.62. The second-order valence-electron chi connectivity index (χ2n) is 5.36. The molecule has 0 unspecified atom stereocenters. The molecule has 0 fully saturated rings. The summed E-state index contributed by atoms with van der Waals surface area (Å²) in [7, 11) is 0. The van der Waals surface area contributed by atoms with E-state index in [0.29, 0.717) is 0 Å². The minimum Gasteiger partial charge on any atom is -0.100 e. The van der Waals surface area contributed by atoms with E-state index in [2.05, 4.69) is 62.5 Å². The summed E-state index contributed by atoms with van der Waals surface area (Å²) in [6.07, 6.45) is 2.11. The molecule has 3 rings (SSSR count). The topological polar surface area (TPSA) is 0 Å². The lowest BCUT2D eigenvalue weighted by molar-refractivity contribution is 0.942. The highest BCUT2D eigenvalue weighted by molar-refractivity contribution is 7.99. The van der Waals surface area contributed by atoms with Gasteiger partial charge in [0.1, 0.15) is 0 Å². The first kappa shape index (κ1) is 13.3. The normalized spacial score (nSPS) is 12.8. The molecule has 1 heterocycles. The molecule has 0 aliphatic carbocycles. The van der Waals surface area contributed by atoms with Crippen molar-refractivity contribution in [3.05, 3.63) is 77.9 Å². The van der Waals surface area contributed by atoms with Gasteiger partial charge in [0.2, 0.25) is 0 Å². The van der Waals surface area contributed by atoms with Crippen LogP contribution in [-0.4, -0.2) is 0 Å². The molecule has 1 aliphatic rings. The van der Waals surface area contributed by atoms with Crippen LogP contribution in [-0.2, 0) is 6.42 Å². The van der Waals surface area contributed by atoms with E-state index in [0.717, 1.165) is 18.4 Å². The first-order chi connectivity index (χ1) is 9.65. The van der Waals surface area contributed by atoms with Crippen LogP contribution in [0.5, 0.6) is 0 Å².